The monoisotopic (exact) mass is 251 g/mol. The van der Waals surface area contributed by atoms with Crippen molar-refractivity contribution < 1.29 is 14.3 Å². The van der Waals surface area contributed by atoms with Crippen LogP contribution >= 0.6 is 0 Å². The number of carbonyl (C=O) groups excluding carboxylic acids is 1. The summed E-state index contributed by atoms with van der Waals surface area (Å²) in [6, 6.07) is 5.37. The molecule has 1 unspecified atom stereocenters. The zero-order valence-electron chi connectivity index (χ0n) is 11.6. The van der Waals surface area contributed by atoms with Gasteiger partial charge >= 0.3 is 5.97 Å². The van der Waals surface area contributed by atoms with Gasteiger partial charge < -0.3 is 14.8 Å². The molecule has 0 aliphatic rings. The lowest BCUT2D eigenvalue weighted by Gasteiger charge is -2.19. The van der Waals surface area contributed by atoms with Crippen LogP contribution in [0.1, 0.15) is 36.9 Å². The highest BCUT2D eigenvalue weighted by atomic mass is 16.5. The average Bonchev–Trinajstić information content (AvgIpc) is 2.39. The summed E-state index contributed by atoms with van der Waals surface area (Å²) in [6.45, 7) is 4.22. The Hall–Kier alpha value is -1.55. The van der Waals surface area contributed by atoms with Crippen LogP contribution in [0.5, 0.6) is 5.75 Å². The average molecular weight is 251 g/mol. The number of carbonyl (C=O) groups is 1. The van der Waals surface area contributed by atoms with E-state index < -0.39 is 6.04 Å². The molecule has 0 aliphatic heterocycles. The summed E-state index contributed by atoms with van der Waals surface area (Å²) in [4.78, 5) is 11.8. The molecule has 0 amide bonds. The summed E-state index contributed by atoms with van der Waals surface area (Å²) < 4.78 is 10.1. The first-order valence-electron chi connectivity index (χ1n) is 5.98. The highest BCUT2D eigenvalue weighted by Gasteiger charge is 2.23. The zero-order valence-corrected chi connectivity index (χ0v) is 11.6. The van der Waals surface area contributed by atoms with E-state index in [9.17, 15) is 4.79 Å². The van der Waals surface area contributed by atoms with Crippen molar-refractivity contribution >= 4 is 5.97 Å². The summed E-state index contributed by atoms with van der Waals surface area (Å²) in [5.41, 5.74) is 1.97. The van der Waals surface area contributed by atoms with Crippen molar-refractivity contribution in [2.24, 2.45) is 0 Å². The van der Waals surface area contributed by atoms with Gasteiger partial charge in [0.1, 0.15) is 11.8 Å². The molecule has 1 aromatic carbocycles. The second-order valence-corrected chi connectivity index (χ2v) is 4.40. The number of esters is 1. The Morgan fingerprint density at radius 3 is 2.39 bits per heavy atom. The van der Waals surface area contributed by atoms with Crippen LogP contribution in [-0.2, 0) is 9.53 Å². The zero-order chi connectivity index (χ0) is 13.7. The molecule has 4 nitrogen and oxygen atoms in total. The standard InChI is InChI=1S/C14H21NO3/c1-9(2)10-6-7-12(17-4)11(8-10)13(15-3)14(16)18-5/h6-9,13,15H,1-5H3. The van der Waals surface area contributed by atoms with E-state index in [-0.39, 0.29) is 5.97 Å². The fourth-order valence-corrected chi connectivity index (χ4v) is 1.86. The van der Waals surface area contributed by atoms with Gasteiger partial charge in [-0.25, -0.2) is 4.79 Å². The van der Waals surface area contributed by atoms with E-state index in [2.05, 4.69) is 19.2 Å². The third kappa shape index (κ3) is 3.01. The first-order chi connectivity index (χ1) is 8.54. The minimum Gasteiger partial charge on any atom is -0.496 e. The van der Waals surface area contributed by atoms with E-state index in [1.165, 1.54) is 7.11 Å². The highest BCUT2D eigenvalue weighted by molar-refractivity contribution is 5.78. The number of benzene rings is 1. The van der Waals surface area contributed by atoms with Crippen molar-refractivity contribution in [1.82, 2.24) is 5.32 Å². The van der Waals surface area contributed by atoms with Gasteiger partial charge in [0.05, 0.1) is 14.2 Å². The number of likely N-dealkylation sites (N-methyl/N-ethyl adjacent to an activating group) is 1. The number of nitrogens with one attached hydrogen (secondary N) is 1. The molecule has 1 rings (SSSR count). The molecule has 1 atom stereocenters. The van der Waals surface area contributed by atoms with E-state index in [4.69, 9.17) is 9.47 Å². The number of hydrogen-bond donors (Lipinski definition) is 1. The van der Waals surface area contributed by atoms with Gasteiger partial charge in [-0.1, -0.05) is 19.9 Å². The lowest BCUT2D eigenvalue weighted by molar-refractivity contribution is -0.143. The molecule has 100 valence electrons. The van der Waals surface area contributed by atoms with Crippen LogP contribution in [0.25, 0.3) is 0 Å². The maximum absolute atomic E-state index is 11.8. The predicted molar refractivity (Wildman–Crippen MR) is 70.9 cm³/mol. The Morgan fingerprint density at radius 2 is 1.94 bits per heavy atom. The van der Waals surface area contributed by atoms with Gasteiger partial charge in [-0.2, -0.15) is 0 Å². The minimum absolute atomic E-state index is 0.322. The third-order valence-corrected chi connectivity index (χ3v) is 2.96. The molecule has 0 saturated carbocycles. The molecule has 0 heterocycles. The van der Waals surface area contributed by atoms with E-state index in [0.29, 0.717) is 11.7 Å². The second-order valence-electron chi connectivity index (χ2n) is 4.40. The van der Waals surface area contributed by atoms with Crippen molar-refractivity contribution in [3.63, 3.8) is 0 Å². The quantitative estimate of drug-likeness (QED) is 0.815. The van der Waals surface area contributed by atoms with Gasteiger partial charge in [-0.05, 0) is 30.7 Å². The molecular formula is C14H21NO3. The Balaban J connectivity index is 3.25. The Bertz CT molecular complexity index is 416. The summed E-state index contributed by atoms with van der Waals surface area (Å²) >= 11 is 0. The smallest absolute Gasteiger partial charge is 0.327 e. The molecule has 4 heteroatoms. The first kappa shape index (κ1) is 14.5. The van der Waals surface area contributed by atoms with E-state index in [1.54, 1.807) is 14.2 Å². The molecule has 0 aromatic heterocycles. The van der Waals surface area contributed by atoms with Gasteiger partial charge in [-0.3, -0.25) is 0 Å². The molecule has 0 fully saturated rings. The summed E-state index contributed by atoms with van der Waals surface area (Å²) in [5.74, 6) is 0.755. The fraction of sp³-hybridized carbons (Fsp3) is 0.500. The van der Waals surface area contributed by atoms with Crippen molar-refractivity contribution in [2.75, 3.05) is 21.3 Å². The predicted octanol–water partition coefficient (Wildman–Crippen LogP) is 2.25. The normalized spacial score (nSPS) is 12.3. The van der Waals surface area contributed by atoms with Gasteiger partial charge in [-0.15, -0.1) is 0 Å². The van der Waals surface area contributed by atoms with Crippen molar-refractivity contribution in [2.45, 2.75) is 25.8 Å². The van der Waals surface area contributed by atoms with E-state index >= 15 is 0 Å². The molecule has 1 N–H and O–H groups in total. The van der Waals surface area contributed by atoms with Crippen LogP contribution in [0.3, 0.4) is 0 Å². The lowest BCUT2D eigenvalue weighted by atomic mass is 9.97. The van der Waals surface area contributed by atoms with Crippen LogP contribution < -0.4 is 10.1 Å². The molecule has 0 saturated heterocycles. The maximum atomic E-state index is 11.8. The van der Waals surface area contributed by atoms with Crippen LogP contribution in [-0.4, -0.2) is 27.2 Å². The summed E-state index contributed by atoms with van der Waals surface area (Å²) in [6.07, 6.45) is 0. The van der Waals surface area contributed by atoms with E-state index in [0.717, 1.165) is 11.1 Å². The minimum atomic E-state index is -0.511. The molecule has 0 bridgehead atoms. The SMILES string of the molecule is CNC(C(=O)OC)c1cc(C(C)C)ccc1OC. The largest absolute Gasteiger partial charge is 0.496 e. The maximum Gasteiger partial charge on any atom is 0.327 e. The van der Waals surface area contributed by atoms with Gasteiger partial charge in [0.15, 0.2) is 0 Å². The van der Waals surface area contributed by atoms with Gasteiger partial charge in [0.25, 0.3) is 0 Å². The van der Waals surface area contributed by atoms with E-state index in [1.807, 2.05) is 18.2 Å². The number of ether oxygens (including phenoxy) is 2. The molecule has 0 aliphatic carbocycles. The fourth-order valence-electron chi connectivity index (χ4n) is 1.86. The van der Waals surface area contributed by atoms with Crippen LogP contribution in [0.4, 0.5) is 0 Å². The molecule has 1 aromatic rings. The Morgan fingerprint density at radius 1 is 1.28 bits per heavy atom. The van der Waals surface area contributed by atoms with Gasteiger partial charge in [0.2, 0.25) is 0 Å². The molecular weight excluding hydrogens is 230 g/mol. The van der Waals surface area contributed by atoms with Gasteiger partial charge in [0, 0.05) is 5.56 Å². The second kappa shape index (κ2) is 6.40. The van der Waals surface area contributed by atoms with Crippen molar-refractivity contribution in [3.8, 4) is 5.75 Å². The summed E-state index contributed by atoms with van der Waals surface area (Å²) in [5, 5.41) is 2.96. The van der Waals surface area contributed by atoms with Crippen LogP contribution in [0.15, 0.2) is 18.2 Å². The molecule has 0 spiro atoms. The van der Waals surface area contributed by atoms with Crippen molar-refractivity contribution in [1.29, 1.82) is 0 Å². The van der Waals surface area contributed by atoms with Crippen LogP contribution in [0.2, 0.25) is 0 Å². The third-order valence-electron chi connectivity index (χ3n) is 2.96. The van der Waals surface area contributed by atoms with Crippen molar-refractivity contribution in [3.05, 3.63) is 29.3 Å². The Labute approximate surface area is 108 Å². The number of rotatable bonds is 5. The molecule has 18 heavy (non-hydrogen) atoms. The Kier molecular flexibility index (Phi) is 5.16. The first-order valence-corrected chi connectivity index (χ1v) is 5.98. The topological polar surface area (TPSA) is 47.6 Å². The molecule has 0 radical (unpaired) electrons. The number of hydrogen-bond acceptors (Lipinski definition) is 4. The van der Waals surface area contributed by atoms with Crippen LogP contribution in [0, 0.1) is 0 Å². The highest BCUT2D eigenvalue weighted by Crippen LogP contribution is 2.29. The summed E-state index contributed by atoms with van der Waals surface area (Å²) in [7, 11) is 4.70. The lowest BCUT2D eigenvalue weighted by Crippen LogP contribution is -2.27. The number of methoxy groups -OCH3 is 2.